The molecule has 0 fully saturated rings. The average Bonchev–Trinajstić information content (AvgIpc) is 2.45. The van der Waals surface area contributed by atoms with Crippen LogP contribution >= 0.6 is 0 Å². The van der Waals surface area contributed by atoms with E-state index in [1.807, 2.05) is 13.0 Å². The van der Waals surface area contributed by atoms with Crippen LogP contribution in [0, 0.1) is 6.92 Å². The van der Waals surface area contributed by atoms with E-state index in [0.717, 1.165) is 17.0 Å². The van der Waals surface area contributed by atoms with Crippen LogP contribution in [0.5, 0.6) is 0 Å². The van der Waals surface area contributed by atoms with Gasteiger partial charge in [0.1, 0.15) is 6.33 Å². The van der Waals surface area contributed by atoms with Gasteiger partial charge in [-0.3, -0.25) is 0 Å². The number of benzene rings is 2. The minimum atomic E-state index is 0.0949. The maximum Gasteiger partial charge on any atom is 0.116 e. The molecule has 0 aliphatic rings. The van der Waals surface area contributed by atoms with Crippen LogP contribution in [0.15, 0.2) is 48.8 Å². The lowest BCUT2D eigenvalue weighted by molar-refractivity contribution is 0.596. The monoisotopic (exact) mass is 276 g/mol. The van der Waals surface area contributed by atoms with Crippen LogP contribution in [0.25, 0.3) is 22.0 Å². The summed E-state index contributed by atoms with van der Waals surface area (Å²) in [4.78, 5) is 8.62. The van der Waals surface area contributed by atoms with Gasteiger partial charge in [0.25, 0.3) is 0 Å². The molecule has 0 spiro atoms. The molecule has 0 bridgehead atoms. The molecule has 1 aromatic heterocycles. The molecule has 0 saturated heterocycles. The molecule has 21 heavy (non-hydrogen) atoms. The summed E-state index contributed by atoms with van der Waals surface area (Å²) < 4.78 is 0. The zero-order valence-electron chi connectivity index (χ0n) is 13.0. The predicted octanol–water partition coefficient (Wildman–Crippen LogP) is 4.90. The predicted molar refractivity (Wildman–Crippen MR) is 88.4 cm³/mol. The van der Waals surface area contributed by atoms with Crippen LogP contribution in [0.4, 0.5) is 0 Å². The number of fused-ring (bicyclic) bond motifs is 1. The van der Waals surface area contributed by atoms with Crippen molar-refractivity contribution in [3.05, 3.63) is 60.0 Å². The number of rotatable bonds is 1. The zero-order chi connectivity index (χ0) is 15.0. The van der Waals surface area contributed by atoms with Gasteiger partial charge in [-0.25, -0.2) is 9.97 Å². The van der Waals surface area contributed by atoms with Crippen molar-refractivity contribution in [3.63, 3.8) is 0 Å². The van der Waals surface area contributed by atoms with Crippen molar-refractivity contribution in [3.8, 4) is 11.3 Å². The summed E-state index contributed by atoms with van der Waals surface area (Å²) in [5, 5.41) is 2.58. The van der Waals surface area contributed by atoms with E-state index in [1.165, 1.54) is 16.3 Å². The van der Waals surface area contributed by atoms with Crippen molar-refractivity contribution in [1.82, 2.24) is 9.97 Å². The largest absolute Gasteiger partial charge is 0.242 e. The lowest BCUT2D eigenvalue weighted by Crippen LogP contribution is -2.12. The van der Waals surface area contributed by atoms with Crippen molar-refractivity contribution in [1.29, 1.82) is 0 Å². The van der Waals surface area contributed by atoms with Crippen LogP contribution in [0.2, 0.25) is 0 Å². The summed E-state index contributed by atoms with van der Waals surface area (Å²) in [5.41, 5.74) is 4.58. The van der Waals surface area contributed by atoms with Crippen molar-refractivity contribution >= 4 is 10.8 Å². The summed E-state index contributed by atoms with van der Waals surface area (Å²) in [5.74, 6) is 0. The Bertz CT molecular complexity index is 798. The Hall–Kier alpha value is -2.22. The summed E-state index contributed by atoms with van der Waals surface area (Å²) in [6.07, 6.45) is 1.64. The van der Waals surface area contributed by atoms with E-state index >= 15 is 0 Å². The first-order chi connectivity index (χ1) is 9.95. The Labute approximate surface area is 125 Å². The average molecular weight is 276 g/mol. The van der Waals surface area contributed by atoms with Gasteiger partial charge in [0, 0.05) is 11.3 Å². The van der Waals surface area contributed by atoms with Crippen LogP contribution < -0.4 is 0 Å². The molecule has 2 nitrogen and oxygen atoms in total. The Balaban J connectivity index is 2.31. The third-order valence-corrected chi connectivity index (χ3v) is 3.77. The lowest BCUT2D eigenvalue weighted by atomic mass is 9.82. The topological polar surface area (TPSA) is 25.8 Å². The minimum Gasteiger partial charge on any atom is -0.242 e. The number of aryl methyl sites for hydroxylation is 1. The molecular weight excluding hydrogens is 256 g/mol. The maximum absolute atomic E-state index is 4.43. The molecule has 0 saturated carbocycles. The van der Waals surface area contributed by atoms with E-state index in [0.29, 0.717) is 0 Å². The van der Waals surface area contributed by atoms with Gasteiger partial charge in [0.15, 0.2) is 0 Å². The highest BCUT2D eigenvalue weighted by atomic mass is 14.8. The highest BCUT2D eigenvalue weighted by Crippen LogP contribution is 2.34. The third kappa shape index (κ3) is 2.66. The SMILES string of the molecule is Cc1cc(-c2cc(C(C)(C)C)c3ccccc3c2)ncn1. The van der Waals surface area contributed by atoms with Gasteiger partial charge in [-0.1, -0.05) is 45.0 Å². The molecule has 3 rings (SSSR count). The lowest BCUT2D eigenvalue weighted by Gasteiger charge is -2.22. The van der Waals surface area contributed by atoms with Crippen molar-refractivity contribution < 1.29 is 0 Å². The number of hydrogen-bond acceptors (Lipinski definition) is 2. The third-order valence-electron chi connectivity index (χ3n) is 3.77. The fourth-order valence-corrected chi connectivity index (χ4v) is 2.69. The normalized spacial score (nSPS) is 11.8. The zero-order valence-corrected chi connectivity index (χ0v) is 13.0. The van der Waals surface area contributed by atoms with Gasteiger partial charge >= 0.3 is 0 Å². The molecule has 0 radical (unpaired) electrons. The Morgan fingerprint density at radius 2 is 1.67 bits per heavy atom. The number of hydrogen-bond donors (Lipinski definition) is 0. The fraction of sp³-hybridized carbons (Fsp3) is 0.263. The summed E-state index contributed by atoms with van der Waals surface area (Å²) in [7, 11) is 0. The van der Waals surface area contributed by atoms with E-state index in [2.05, 4.69) is 67.1 Å². The Morgan fingerprint density at radius 3 is 2.38 bits per heavy atom. The molecule has 0 aliphatic heterocycles. The van der Waals surface area contributed by atoms with Crippen LogP contribution in [0.1, 0.15) is 32.0 Å². The van der Waals surface area contributed by atoms with E-state index in [1.54, 1.807) is 6.33 Å². The highest BCUT2D eigenvalue weighted by molar-refractivity contribution is 5.90. The summed E-state index contributed by atoms with van der Waals surface area (Å²) in [6, 6.07) is 15.1. The van der Waals surface area contributed by atoms with Gasteiger partial charge in [-0.2, -0.15) is 0 Å². The maximum atomic E-state index is 4.43. The Kier molecular flexibility index (Phi) is 3.25. The molecule has 0 aliphatic carbocycles. The van der Waals surface area contributed by atoms with E-state index in [9.17, 15) is 0 Å². The molecule has 0 N–H and O–H groups in total. The first-order valence-corrected chi connectivity index (χ1v) is 7.27. The highest BCUT2D eigenvalue weighted by Gasteiger charge is 2.18. The van der Waals surface area contributed by atoms with E-state index in [4.69, 9.17) is 0 Å². The van der Waals surface area contributed by atoms with E-state index < -0.39 is 0 Å². The van der Waals surface area contributed by atoms with Gasteiger partial charge in [-0.15, -0.1) is 0 Å². The van der Waals surface area contributed by atoms with E-state index in [-0.39, 0.29) is 5.41 Å². The molecule has 0 unspecified atom stereocenters. The number of nitrogens with zero attached hydrogens (tertiary/aromatic N) is 2. The smallest absolute Gasteiger partial charge is 0.116 e. The summed E-state index contributed by atoms with van der Waals surface area (Å²) >= 11 is 0. The number of aromatic nitrogens is 2. The first kappa shape index (κ1) is 13.7. The van der Waals surface area contributed by atoms with Crippen molar-refractivity contribution in [2.24, 2.45) is 0 Å². The van der Waals surface area contributed by atoms with Gasteiger partial charge in [0.2, 0.25) is 0 Å². The molecule has 0 amide bonds. The van der Waals surface area contributed by atoms with Crippen LogP contribution in [0.3, 0.4) is 0 Å². The van der Waals surface area contributed by atoms with Gasteiger partial charge < -0.3 is 0 Å². The second kappa shape index (κ2) is 4.96. The molecule has 2 aromatic carbocycles. The first-order valence-electron chi connectivity index (χ1n) is 7.27. The van der Waals surface area contributed by atoms with Gasteiger partial charge in [-0.05, 0) is 46.9 Å². The fourth-order valence-electron chi connectivity index (χ4n) is 2.69. The molecule has 1 heterocycles. The second-order valence-corrected chi connectivity index (χ2v) is 6.54. The van der Waals surface area contributed by atoms with Crippen LogP contribution in [-0.2, 0) is 5.41 Å². The van der Waals surface area contributed by atoms with Gasteiger partial charge in [0.05, 0.1) is 5.69 Å². The second-order valence-electron chi connectivity index (χ2n) is 6.54. The molecule has 3 aromatic rings. The molecular formula is C19H20N2. The van der Waals surface area contributed by atoms with Crippen molar-refractivity contribution in [2.45, 2.75) is 33.1 Å². The standard InChI is InChI=1S/C19H20N2/c1-13-9-18(21-12-20-13)15-10-14-7-5-6-8-16(14)17(11-15)19(2,3)4/h5-12H,1-4H3. The molecule has 106 valence electrons. The summed E-state index contributed by atoms with van der Waals surface area (Å²) in [6.45, 7) is 8.76. The quantitative estimate of drug-likeness (QED) is 0.631. The van der Waals surface area contributed by atoms with Crippen molar-refractivity contribution in [2.75, 3.05) is 0 Å². The molecule has 2 heteroatoms. The Morgan fingerprint density at radius 1 is 0.905 bits per heavy atom. The van der Waals surface area contributed by atoms with Crippen LogP contribution in [-0.4, -0.2) is 9.97 Å². The molecule has 0 atom stereocenters. The minimum absolute atomic E-state index is 0.0949.